The second-order valence-corrected chi connectivity index (χ2v) is 6.21. The van der Waals surface area contributed by atoms with E-state index in [1.54, 1.807) is 45.0 Å². The summed E-state index contributed by atoms with van der Waals surface area (Å²) in [6.07, 6.45) is -0.151. The van der Waals surface area contributed by atoms with Crippen molar-refractivity contribution in [3.63, 3.8) is 0 Å². The van der Waals surface area contributed by atoms with Crippen LogP contribution in [0.1, 0.15) is 47.9 Å². The lowest BCUT2D eigenvalue weighted by Gasteiger charge is -2.24. The number of carboxylic acid groups (broad SMARTS) is 1. The first-order valence-electron chi connectivity index (χ1n) is 7.73. The molecule has 1 aromatic rings. The molecule has 1 aromatic carbocycles. The van der Waals surface area contributed by atoms with E-state index in [1.165, 1.54) is 0 Å². The molecule has 0 aliphatic carbocycles. The lowest BCUT2D eigenvalue weighted by Crippen LogP contribution is -2.47. The number of nitrogens with one attached hydrogen (secondary N) is 1. The third-order valence-corrected chi connectivity index (χ3v) is 4.00. The standard InChI is InChI=1S/C17H20N2O5/c1-9(2)14(17(23)24)18-13(20)8-10(3)19-15(21)11-6-4-5-7-12(11)16(19)22/h4-7,9-10,14H,8H2,1-3H3,(H,18,20)(H,23,24). The van der Waals surface area contributed by atoms with Gasteiger partial charge in [-0.3, -0.25) is 19.3 Å². The summed E-state index contributed by atoms with van der Waals surface area (Å²) in [7, 11) is 0. The Labute approximate surface area is 139 Å². The van der Waals surface area contributed by atoms with Crippen LogP contribution in [0.4, 0.5) is 0 Å². The molecule has 3 amide bonds. The summed E-state index contributed by atoms with van der Waals surface area (Å²) in [6, 6.07) is 4.81. The van der Waals surface area contributed by atoms with Gasteiger partial charge < -0.3 is 10.4 Å². The maximum absolute atomic E-state index is 12.3. The Morgan fingerprint density at radius 2 is 1.58 bits per heavy atom. The van der Waals surface area contributed by atoms with E-state index < -0.39 is 35.8 Å². The van der Waals surface area contributed by atoms with E-state index in [-0.39, 0.29) is 12.3 Å². The molecular formula is C17H20N2O5. The van der Waals surface area contributed by atoms with E-state index in [0.29, 0.717) is 11.1 Å². The third-order valence-electron chi connectivity index (χ3n) is 4.00. The number of nitrogens with zero attached hydrogens (tertiary/aromatic N) is 1. The number of hydrogen-bond donors (Lipinski definition) is 2. The zero-order chi connectivity index (χ0) is 18.0. The van der Waals surface area contributed by atoms with Crippen LogP contribution in [0.3, 0.4) is 0 Å². The first kappa shape index (κ1) is 17.7. The van der Waals surface area contributed by atoms with Gasteiger partial charge in [0.25, 0.3) is 11.8 Å². The molecule has 1 aliphatic rings. The number of carboxylic acids is 1. The quantitative estimate of drug-likeness (QED) is 0.764. The second kappa shape index (κ2) is 6.82. The molecule has 1 heterocycles. The van der Waals surface area contributed by atoms with Crippen LogP contribution in [0.2, 0.25) is 0 Å². The van der Waals surface area contributed by atoms with Crippen LogP contribution < -0.4 is 5.32 Å². The lowest BCUT2D eigenvalue weighted by molar-refractivity contribution is -0.143. The minimum atomic E-state index is -1.12. The van der Waals surface area contributed by atoms with E-state index in [4.69, 9.17) is 5.11 Å². The van der Waals surface area contributed by atoms with Crippen LogP contribution >= 0.6 is 0 Å². The summed E-state index contributed by atoms with van der Waals surface area (Å²) in [5.74, 6) is -2.78. The Morgan fingerprint density at radius 1 is 1.08 bits per heavy atom. The molecule has 128 valence electrons. The molecule has 0 aromatic heterocycles. The molecule has 2 unspecified atom stereocenters. The van der Waals surface area contributed by atoms with Crippen molar-refractivity contribution in [3.8, 4) is 0 Å². The van der Waals surface area contributed by atoms with Gasteiger partial charge in [-0.2, -0.15) is 0 Å². The van der Waals surface area contributed by atoms with Gasteiger partial charge in [-0.25, -0.2) is 4.79 Å². The number of fused-ring (bicyclic) bond motifs is 1. The predicted molar refractivity (Wildman–Crippen MR) is 85.4 cm³/mol. The van der Waals surface area contributed by atoms with E-state index in [2.05, 4.69) is 5.32 Å². The molecule has 0 saturated carbocycles. The molecule has 2 N–H and O–H groups in total. The Bertz CT molecular complexity index is 663. The highest BCUT2D eigenvalue weighted by Crippen LogP contribution is 2.25. The second-order valence-electron chi connectivity index (χ2n) is 6.21. The van der Waals surface area contributed by atoms with Crippen molar-refractivity contribution in [3.05, 3.63) is 35.4 Å². The number of aliphatic carboxylic acids is 1. The number of carbonyl (C=O) groups is 4. The van der Waals surface area contributed by atoms with Crippen LogP contribution in [-0.4, -0.2) is 45.8 Å². The van der Waals surface area contributed by atoms with Gasteiger partial charge in [0.15, 0.2) is 0 Å². The predicted octanol–water partition coefficient (Wildman–Crippen LogP) is 1.29. The zero-order valence-electron chi connectivity index (χ0n) is 13.8. The molecule has 7 nitrogen and oxygen atoms in total. The monoisotopic (exact) mass is 332 g/mol. The topological polar surface area (TPSA) is 104 Å². The number of imide groups is 1. The molecule has 0 radical (unpaired) electrons. The van der Waals surface area contributed by atoms with Gasteiger partial charge in [0.1, 0.15) is 6.04 Å². The van der Waals surface area contributed by atoms with Gasteiger partial charge in [0.05, 0.1) is 11.1 Å². The maximum atomic E-state index is 12.3. The molecular weight excluding hydrogens is 312 g/mol. The summed E-state index contributed by atoms with van der Waals surface area (Å²) in [6.45, 7) is 4.96. The lowest BCUT2D eigenvalue weighted by atomic mass is 10.0. The normalized spacial score (nSPS) is 16.1. The van der Waals surface area contributed by atoms with Crippen molar-refractivity contribution in [2.24, 2.45) is 5.92 Å². The SMILES string of the molecule is CC(C)C(NC(=O)CC(C)N1C(=O)c2ccccc2C1=O)C(=O)O. The minimum Gasteiger partial charge on any atom is -0.480 e. The Hall–Kier alpha value is -2.70. The molecule has 2 rings (SSSR count). The van der Waals surface area contributed by atoms with Crippen molar-refractivity contribution in [2.45, 2.75) is 39.3 Å². The molecule has 7 heteroatoms. The first-order valence-corrected chi connectivity index (χ1v) is 7.73. The maximum Gasteiger partial charge on any atom is 0.326 e. The van der Waals surface area contributed by atoms with Gasteiger partial charge in [0.2, 0.25) is 5.91 Å². The van der Waals surface area contributed by atoms with Gasteiger partial charge in [0, 0.05) is 12.5 Å². The summed E-state index contributed by atoms with van der Waals surface area (Å²) < 4.78 is 0. The molecule has 2 atom stereocenters. The van der Waals surface area contributed by atoms with Crippen LogP contribution in [0, 0.1) is 5.92 Å². The Kier molecular flexibility index (Phi) is 5.02. The van der Waals surface area contributed by atoms with Gasteiger partial charge in [-0.1, -0.05) is 26.0 Å². The van der Waals surface area contributed by atoms with Crippen LogP contribution in [-0.2, 0) is 9.59 Å². The Balaban J connectivity index is 2.07. The molecule has 24 heavy (non-hydrogen) atoms. The number of hydrogen-bond acceptors (Lipinski definition) is 4. The molecule has 0 saturated heterocycles. The van der Waals surface area contributed by atoms with Gasteiger partial charge >= 0.3 is 5.97 Å². The van der Waals surface area contributed by atoms with Crippen molar-refractivity contribution < 1.29 is 24.3 Å². The van der Waals surface area contributed by atoms with E-state index in [9.17, 15) is 19.2 Å². The average Bonchev–Trinajstić information content (AvgIpc) is 2.76. The van der Waals surface area contributed by atoms with Crippen LogP contribution in [0.25, 0.3) is 0 Å². The number of carbonyl (C=O) groups excluding carboxylic acids is 3. The van der Waals surface area contributed by atoms with Crippen LogP contribution in [0.5, 0.6) is 0 Å². The highest BCUT2D eigenvalue weighted by Gasteiger charge is 2.39. The van der Waals surface area contributed by atoms with Crippen molar-refractivity contribution >= 4 is 23.7 Å². The number of amides is 3. The van der Waals surface area contributed by atoms with Gasteiger partial charge in [-0.15, -0.1) is 0 Å². The highest BCUT2D eigenvalue weighted by molar-refractivity contribution is 6.21. The average molecular weight is 332 g/mol. The first-order chi connectivity index (χ1) is 11.2. The molecule has 0 bridgehead atoms. The minimum absolute atomic E-state index is 0.151. The zero-order valence-corrected chi connectivity index (χ0v) is 13.8. The summed E-state index contributed by atoms with van der Waals surface area (Å²) in [5.41, 5.74) is 0.640. The molecule has 1 aliphatic heterocycles. The third kappa shape index (κ3) is 3.29. The van der Waals surface area contributed by atoms with E-state index >= 15 is 0 Å². The number of benzene rings is 1. The number of rotatable bonds is 6. The summed E-state index contributed by atoms with van der Waals surface area (Å²) in [5, 5.41) is 11.5. The van der Waals surface area contributed by atoms with Crippen LogP contribution in [0.15, 0.2) is 24.3 Å². The highest BCUT2D eigenvalue weighted by atomic mass is 16.4. The van der Waals surface area contributed by atoms with Crippen molar-refractivity contribution in [1.29, 1.82) is 0 Å². The van der Waals surface area contributed by atoms with E-state index in [0.717, 1.165) is 4.90 Å². The molecule has 0 fully saturated rings. The smallest absolute Gasteiger partial charge is 0.326 e. The van der Waals surface area contributed by atoms with E-state index in [1.807, 2.05) is 0 Å². The fourth-order valence-electron chi connectivity index (χ4n) is 2.71. The largest absolute Gasteiger partial charge is 0.480 e. The fraction of sp³-hybridized carbons (Fsp3) is 0.412. The van der Waals surface area contributed by atoms with Gasteiger partial charge in [-0.05, 0) is 25.0 Å². The van der Waals surface area contributed by atoms with Crippen molar-refractivity contribution in [2.75, 3.05) is 0 Å². The Morgan fingerprint density at radius 3 is 2.00 bits per heavy atom. The molecule has 0 spiro atoms. The van der Waals surface area contributed by atoms with Crippen molar-refractivity contribution in [1.82, 2.24) is 10.2 Å². The fourth-order valence-corrected chi connectivity index (χ4v) is 2.71. The summed E-state index contributed by atoms with van der Waals surface area (Å²) in [4.78, 5) is 49.0. The summed E-state index contributed by atoms with van der Waals surface area (Å²) >= 11 is 0.